The number of hydrazine groups is 3. The van der Waals surface area contributed by atoms with Gasteiger partial charge in [-0.05, 0) is 36.4 Å². The molecule has 2 aromatic carbocycles. The van der Waals surface area contributed by atoms with E-state index in [2.05, 4.69) is 11.0 Å². The fraction of sp³-hybridized carbons (Fsp3) is 0.143. The zero-order valence-corrected chi connectivity index (χ0v) is 11.8. The van der Waals surface area contributed by atoms with E-state index in [1.165, 1.54) is 17.3 Å². The Morgan fingerprint density at radius 1 is 1.00 bits per heavy atom. The molecule has 4 N–H and O–H groups in total. The second kappa shape index (κ2) is 6.78. The summed E-state index contributed by atoms with van der Waals surface area (Å²) in [4.78, 5) is 0. The quantitative estimate of drug-likeness (QED) is 0.559. The Hall–Kier alpha value is -2.51. The van der Waals surface area contributed by atoms with Crippen molar-refractivity contribution in [1.82, 2.24) is 5.53 Å². The van der Waals surface area contributed by atoms with Crippen LogP contribution in [0.25, 0.3) is 0 Å². The highest BCUT2D eigenvalue weighted by Crippen LogP contribution is 2.29. The average molecular weight is 292 g/mol. The Morgan fingerprint density at radius 3 is 2.29 bits per heavy atom. The minimum atomic E-state index is -0.319. The lowest BCUT2D eigenvalue weighted by Crippen LogP contribution is -2.47. The number of nitrogens with zero attached hydrogens (tertiary/aromatic N) is 1. The molecule has 0 spiro atoms. The van der Waals surface area contributed by atoms with Crippen LogP contribution in [0.5, 0.6) is 11.5 Å². The lowest BCUT2D eigenvalue weighted by molar-refractivity contribution is 0.355. The van der Waals surface area contributed by atoms with Crippen LogP contribution in [0.4, 0.5) is 15.8 Å². The molecule has 0 bridgehead atoms. The first-order valence-electron chi connectivity index (χ1n) is 6.18. The van der Waals surface area contributed by atoms with Crippen molar-refractivity contribution in [3.05, 3.63) is 48.3 Å². The molecule has 7 heteroatoms. The summed E-state index contributed by atoms with van der Waals surface area (Å²) in [7, 11) is 3.13. The topological polar surface area (TPSA) is 71.8 Å². The van der Waals surface area contributed by atoms with Crippen LogP contribution < -0.4 is 31.4 Å². The van der Waals surface area contributed by atoms with E-state index in [0.29, 0.717) is 17.2 Å². The molecule has 0 saturated heterocycles. The van der Waals surface area contributed by atoms with Gasteiger partial charge in [-0.15, -0.1) is 5.53 Å². The van der Waals surface area contributed by atoms with Gasteiger partial charge in [0.05, 0.1) is 25.6 Å². The first kappa shape index (κ1) is 14.9. The Labute approximate surface area is 122 Å². The molecule has 0 aromatic heterocycles. The van der Waals surface area contributed by atoms with Crippen LogP contribution in [0.2, 0.25) is 0 Å². The molecule has 0 aliphatic rings. The summed E-state index contributed by atoms with van der Waals surface area (Å²) in [5.74, 6) is 6.70. The van der Waals surface area contributed by atoms with E-state index in [1.54, 1.807) is 44.6 Å². The molecule has 2 aromatic rings. The highest BCUT2D eigenvalue weighted by molar-refractivity contribution is 5.55. The summed E-state index contributed by atoms with van der Waals surface area (Å²) in [5.41, 5.74) is 7.00. The molecule has 0 aliphatic carbocycles. The highest BCUT2D eigenvalue weighted by atomic mass is 19.1. The summed E-state index contributed by atoms with van der Waals surface area (Å²) >= 11 is 0. The van der Waals surface area contributed by atoms with Crippen LogP contribution >= 0.6 is 0 Å². The van der Waals surface area contributed by atoms with Gasteiger partial charge in [-0.3, -0.25) is 0 Å². The fourth-order valence-corrected chi connectivity index (χ4v) is 1.70. The van der Waals surface area contributed by atoms with E-state index in [1.807, 2.05) is 0 Å². The third-order valence-electron chi connectivity index (χ3n) is 2.81. The minimum Gasteiger partial charge on any atom is -0.493 e. The molecule has 112 valence electrons. The third-order valence-corrected chi connectivity index (χ3v) is 2.81. The van der Waals surface area contributed by atoms with Crippen molar-refractivity contribution in [1.29, 1.82) is 0 Å². The molecular weight excluding hydrogens is 275 g/mol. The molecule has 21 heavy (non-hydrogen) atoms. The Bertz CT molecular complexity index is 592. The molecule has 2 rings (SSSR count). The molecule has 0 aliphatic heterocycles. The maximum atomic E-state index is 12.8. The van der Waals surface area contributed by atoms with Crippen LogP contribution in [0.3, 0.4) is 0 Å². The van der Waals surface area contributed by atoms with Gasteiger partial charge in [0.1, 0.15) is 5.82 Å². The number of hydrogen-bond acceptors (Lipinski definition) is 6. The van der Waals surface area contributed by atoms with Crippen molar-refractivity contribution in [2.24, 2.45) is 5.84 Å². The molecule has 0 atom stereocenters. The number of ether oxygens (including phenoxy) is 2. The van der Waals surface area contributed by atoms with Gasteiger partial charge in [0.25, 0.3) is 0 Å². The molecule has 0 unspecified atom stereocenters. The van der Waals surface area contributed by atoms with Crippen LogP contribution in [0.1, 0.15) is 0 Å². The predicted octanol–water partition coefficient (Wildman–Crippen LogP) is 2.05. The average Bonchev–Trinajstić information content (AvgIpc) is 2.52. The van der Waals surface area contributed by atoms with Gasteiger partial charge in [0.2, 0.25) is 0 Å². The second-order valence-electron chi connectivity index (χ2n) is 4.15. The number of anilines is 2. The maximum Gasteiger partial charge on any atom is 0.162 e. The highest BCUT2D eigenvalue weighted by Gasteiger charge is 2.05. The third kappa shape index (κ3) is 3.74. The van der Waals surface area contributed by atoms with E-state index >= 15 is 0 Å². The van der Waals surface area contributed by atoms with Gasteiger partial charge in [-0.25, -0.2) is 15.4 Å². The van der Waals surface area contributed by atoms with E-state index < -0.39 is 0 Å². The van der Waals surface area contributed by atoms with Crippen molar-refractivity contribution in [3.8, 4) is 11.5 Å². The van der Waals surface area contributed by atoms with Crippen molar-refractivity contribution >= 4 is 11.4 Å². The predicted molar refractivity (Wildman–Crippen MR) is 79.4 cm³/mol. The largest absolute Gasteiger partial charge is 0.493 e. The van der Waals surface area contributed by atoms with Gasteiger partial charge < -0.3 is 14.9 Å². The van der Waals surface area contributed by atoms with Gasteiger partial charge >= 0.3 is 0 Å². The minimum absolute atomic E-state index is 0.319. The van der Waals surface area contributed by atoms with Crippen LogP contribution in [0.15, 0.2) is 42.5 Å². The number of nitrogens with one attached hydrogen (secondary N) is 2. The molecule has 0 saturated carbocycles. The smallest absolute Gasteiger partial charge is 0.162 e. The van der Waals surface area contributed by atoms with Crippen molar-refractivity contribution < 1.29 is 13.9 Å². The maximum absolute atomic E-state index is 12.8. The monoisotopic (exact) mass is 292 g/mol. The molecule has 0 fully saturated rings. The van der Waals surface area contributed by atoms with Crippen molar-refractivity contribution in [2.75, 3.05) is 24.8 Å². The zero-order chi connectivity index (χ0) is 15.2. The van der Waals surface area contributed by atoms with E-state index in [4.69, 9.17) is 15.3 Å². The van der Waals surface area contributed by atoms with Crippen molar-refractivity contribution in [2.45, 2.75) is 0 Å². The summed E-state index contributed by atoms with van der Waals surface area (Å²) in [6.45, 7) is 0. The Morgan fingerprint density at radius 2 is 1.67 bits per heavy atom. The summed E-state index contributed by atoms with van der Waals surface area (Å²) in [6, 6.07) is 11.1. The van der Waals surface area contributed by atoms with E-state index in [-0.39, 0.29) is 5.82 Å². The standard InChI is InChI=1S/C14H17FN4O2/c1-20-13-8-5-11(9-14(13)21-2)17-18-19(16)12-6-3-10(15)4-7-12/h3-9,17-18H,16H2,1-2H3. The van der Waals surface area contributed by atoms with E-state index in [0.717, 1.165) is 5.69 Å². The summed E-state index contributed by atoms with van der Waals surface area (Å²) in [6.07, 6.45) is 0. The summed E-state index contributed by atoms with van der Waals surface area (Å²) in [5, 5.41) is 1.23. The molecule has 0 amide bonds. The number of rotatable bonds is 6. The van der Waals surface area contributed by atoms with Gasteiger partial charge in [0.15, 0.2) is 11.5 Å². The zero-order valence-electron chi connectivity index (χ0n) is 11.8. The summed E-state index contributed by atoms with van der Waals surface area (Å²) < 4.78 is 23.2. The number of halogens is 1. The first-order chi connectivity index (χ1) is 10.1. The van der Waals surface area contributed by atoms with E-state index in [9.17, 15) is 4.39 Å². The lowest BCUT2D eigenvalue weighted by Gasteiger charge is -2.21. The van der Waals surface area contributed by atoms with Crippen LogP contribution in [-0.2, 0) is 0 Å². The lowest BCUT2D eigenvalue weighted by atomic mass is 10.3. The number of methoxy groups -OCH3 is 2. The Balaban J connectivity index is 2.00. The van der Waals surface area contributed by atoms with Crippen LogP contribution in [-0.4, -0.2) is 14.2 Å². The molecule has 6 nitrogen and oxygen atoms in total. The van der Waals surface area contributed by atoms with Crippen molar-refractivity contribution in [3.63, 3.8) is 0 Å². The molecule has 0 heterocycles. The number of hydrogen-bond donors (Lipinski definition) is 3. The number of nitrogens with two attached hydrogens (primary N) is 1. The molecular formula is C14H17FN4O2. The van der Waals surface area contributed by atoms with Gasteiger partial charge in [0, 0.05) is 6.07 Å². The van der Waals surface area contributed by atoms with Gasteiger partial charge in [-0.2, -0.15) is 0 Å². The molecule has 0 radical (unpaired) electrons. The number of benzene rings is 2. The van der Waals surface area contributed by atoms with Gasteiger partial charge in [-0.1, -0.05) is 0 Å². The SMILES string of the molecule is COc1ccc(NNN(N)c2ccc(F)cc2)cc1OC. The normalized spacial score (nSPS) is 10.1. The second-order valence-corrected chi connectivity index (χ2v) is 4.15. The first-order valence-corrected chi connectivity index (χ1v) is 6.18. The van der Waals surface area contributed by atoms with Crippen LogP contribution in [0, 0.1) is 5.82 Å². The Kier molecular flexibility index (Phi) is 4.81. The fourth-order valence-electron chi connectivity index (χ4n) is 1.70.